The van der Waals surface area contributed by atoms with Crippen LogP contribution in [0.15, 0.2) is 18.2 Å². The van der Waals surface area contributed by atoms with Crippen molar-refractivity contribution in [1.29, 1.82) is 5.26 Å². The summed E-state index contributed by atoms with van der Waals surface area (Å²) >= 11 is 2.12. The fourth-order valence-electron chi connectivity index (χ4n) is 0.833. The molecule has 0 aliphatic carbocycles. The molecule has 0 unspecified atom stereocenters. The maximum Gasteiger partial charge on any atom is 0.101 e. The summed E-state index contributed by atoms with van der Waals surface area (Å²) in [5.74, 6) is 0. The molecule has 1 aromatic rings. The number of nitrogens with two attached hydrogens (primary N) is 1. The number of aromatic nitrogens is 1. The highest BCUT2D eigenvalue weighted by Gasteiger charge is 2.05. The van der Waals surface area contributed by atoms with E-state index in [0.717, 1.165) is 9.39 Å². The molecule has 0 saturated carbocycles. The first-order chi connectivity index (χ1) is 5.74. The smallest absolute Gasteiger partial charge is 0.101 e. The molecule has 3 nitrogen and oxygen atoms in total. The van der Waals surface area contributed by atoms with E-state index >= 15 is 0 Å². The molecule has 0 aromatic carbocycles. The van der Waals surface area contributed by atoms with Gasteiger partial charge >= 0.3 is 0 Å². The van der Waals surface area contributed by atoms with Crippen LogP contribution in [0.3, 0.4) is 0 Å². The molecule has 0 amide bonds. The lowest BCUT2D eigenvalue weighted by molar-refractivity contribution is 0.717. The number of hydrogen-bond acceptors (Lipinski definition) is 3. The molecule has 1 rings (SSSR count). The van der Waals surface area contributed by atoms with Gasteiger partial charge in [0.05, 0.1) is 24.2 Å². The molecule has 0 spiro atoms. The Hall–Kier alpha value is -0.670. The van der Waals surface area contributed by atoms with Crippen LogP contribution in [-0.4, -0.2) is 4.98 Å². The maximum atomic E-state index is 8.41. The van der Waals surface area contributed by atoms with E-state index in [9.17, 15) is 0 Å². The van der Waals surface area contributed by atoms with E-state index in [4.69, 9.17) is 11.0 Å². The zero-order valence-corrected chi connectivity index (χ0v) is 8.52. The van der Waals surface area contributed by atoms with Gasteiger partial charge in [-0.3, -0.25) is 0 Å². The van der Waals surface area contributed by atoms with Gasteiger partial charge in [0, 0.05) is 0 Å². The molecule has 0 saturated heterocycles. The van der Waals surface area contributed by atoms with E-state index in [1.54, 1.807) is 0 Å². The van der Waals surface area contributed by atoms with Gasteiger partial charge in [0.2, 0.25) is 0 Å². The topological polar surface area (TPSA) is 62.7 Å². The molecule has 4 heteroatoms. The standard InChI is InChI=1S/C8H8IN3/c9-8-3-1-2-7(12-8)6(11)4-5-10/h1-3,6H,4,11H2/t6-/m1/s1. The highest BCUT2D eigenvalue weighted by Crippen LogP contribution is 2.11. The van der Waals surface area contributed by atoms with Crippen LogP contribution in [-0.2, 0) is 0 Å². The average Bonchev–Trinajstić information content (AvgIpc) is 2.05. The molecule has 1 heterocycles. The summed E-state index contributed by atoms with van der Waals surface area (Å²) in [7, 11) is 0. The molecular weight excluding hydrogens is 265 g/mol. The summed E-state index contributed by atoms with van der Waals surface area (Å²) < 4.78 is 0.901. The van der Waals surface area contributed by atoms with Crippen LogP contribution in [0.2, 0.25) is 0 Å². The van der Waals surface area contributed by atoms with Gasteiger partial charge in [0.25, 0.3) is 0 Å². The first-order valence-corrected chi connectivity index (χ1v) is 4.57. The largest absolute Gasteiger partial charge is 0.322 e. The first kappa shape index (κ1) is 9.42. The van der Waals surface area contributed by atoms with E-state index in [1.165, 1.54) is 0 Å². The van der Waals surface area contributed by atoms with Gasteiger partial charge in [-0.2, -0.15) is 5.26 Å². The minimum Gasteiger partial charge on any atom is -0.322 e. The number of pyridine rings is 1. The third-order valence-corrected chi connectivity index (χ3v) is 2.03. The molecule has 0 bridgehead atoms. The zero-order valence-electron chi connectivity index (χ0n) is 6.37. The molecule has 62 valence electrons. The van der Waals surface area contributed by atoms with Crippen molar-refractivity contribution in [2.24, 2.45) is 5.73 Å². The van der Waals surface area contributed by atoms with Crippen molar-refractivity contribution >= 4 is 22.6 Å². The van der Waals surface area contributed by atoms with Crippen molar-refractivity contribution < 1.29 is 0 Å². The van der Waals surface area contributed by atoms with Crippen LogP contribution in [0.4, 0.5) is 0 Å². The summed E-state index contributed by atoms with van der Waals surface area (Å²) in [4.78, 5) is 4.20. The van der Waals surface area contributed by atoms with Crippen LogP contribution in [0.5, 0.6) is 0 Å². The van der Waals surface area contributed by atoms with Crippen molar-refractivity contribution in [2.45, 2.75) is 12.5 Å². The van der Waals surface area contributed by atoms with Crippen LogP contribution in [0, 0.1) is 15.0 Å². The highest BCUT2D eigenvalue weighted by molar-refractivity contribution is 14.1. The second-order valence-electron chi connectivity index (χ2n) is 2.35. The Balaban J connectivity index is 2.82. The van der Waals surface area contributed by atoms with E-state index in [1.807, 2.05) is 24.3 Å². The summed E-state index contributed by atoms with van der Waals surface area (Å²) in [5, 5.41) is 8.41. The van der Waals surface area contributed by atoms with Crippen molar-refractivity contribution in [2.75, 3.05) is 0 Å². The van der Waals surface area contributed by atoms with Crippen molar-refractivity contribution in [3.05, 3.63) is 27.6 Å². The Morgan fingerprint density at radius 3 is 3.00 bits per heavy atom. The summed E-state index contributed by atoms with van der Waals surface area (Å²) in [5.41, 5.74) is 6.47. The lowest BCUT2D eigenvalue weighted by Crippen LogP contribution is -2.11. The number of nitriles is 1. The number of rotatable bonds is 2. The Bertz CT molecular complexity index is 305. The Morgan fingerprint density at radius 2 is 2.42 bits per heavy atom. The summed E-state index contributed by atoms with van der Waals surface area (Å²) in [6, 6.07) is 7.38. The lowest BCUT2D eigenvalue weighted by atomic mass is 10.1. The number of hydrogen-bond donors (Lipinski definition) is 1. The normalized spacial score (nSPS) is 12.1. The van der Waals surface area contributed by atoms with Crippen LogP contribution < -0.4 is 5.73 Å². The molecule has 0 aliphatic heterocycles. The van der Waals surface area contributed by atoms with Gasteiger partial charge in [-0.05, 0) is 34.7 Å². The Labute approximate surface area is 84.7 Å². The van der Waals surface area contributed by atoms with Gasteiger partial charge in [0.15, 0.2) is 0 Å². The van der Waals surface area contributed by atoms with Crippen LogP contribution in [0.1, 0.15) is 18.2 Å². The van der Waals surface area contributed by atoms with Crippen LogP contribution >= 0.6 is 22.6 Å². The van der Waals surface area contributed by atoms with E-state index < -0.39 is 0 Å². The predicted molar refractivity (Wildman–Crippen MR) is 54.1 cm³/mol. The molecule has 0 radical (unpaired) electrons. The molecular formula is C8H8IN3. The first-order valence-electron chi connectivity index (χ1n) is 3.49. The second kappa shape index (κ2) is 4.38. The quantitative estimate of drug-likeness (QED) is 0.657. The molecule has 2 N–H and O–H groups in total. The summed E-state index contributed by atoms with van der Waals surface area (Å²) in [6.45, 7) is 0. The fraction of sp³-hybridized carbons (Fsp3) is 0.250. The van der Waals surface area contributed by atoms with Crippen molar-refractivity contribution in [3.63, 3.8) is 0 Å². The van der Waals surface area contributed by atoms with Gasteiger partial charge in [-0.25, -0.2) is 4.98 Å². The molecule has 0 fully saturated rings. The molecule has 0 aliphatic rings. The number of halogens is 1. The molecule has 12 heavy (non-hydrogen) atoms. The summed E-state index contributed by atoms with van der Waals surface area (Å²) in [6.07, 6.45) is 0.313. The third-order valence-electron chi connectivity index (χ3n) is 1.43. The Morgan fingerprint density at radius 1 is 1.67 bits per heavy atom. The lowest BCUT2D eigenvalue weighted by Gasteiger charge is -2.05. The van der Waals surface area contributed by atoms with Gasteiger partial charge in [-0.1, -0.05) is 6.07 Å². The second-order valence-corrected chi connectivity index (χ2v) is 3.46. The number of nitrogens with zero attached hydrogens (tertiary/aromatic N) is 2. The minimum atomic E-state index is -0.260. The van der Waals surface area contributed by atoms with Crippen molar-refractivity contribution in [3.8, 4) is 6.07 Å². The van der Waals surface area contributed by atoms with E-state index in [-0.39, 0.29) is 6.04 Å². The molecule has 1 aromatic heterocycles. The zero-order chi connectivity index (χ0) is 8.97. The minimum absolute atomic E-state index is 0.260. The van der Waals surface area contributed by atoms with Gasteiger partial charge in [0.1, 0.15) is 3.70 Å². The molecule has 1 atom stereocenters. The van der Waals surface area contributed by atoms with Crippen LogP contribution in [0.25, 0.3) is 0 Å². The predicted octanol–water partition coefficient (Wildman–Crippen LogP) is 1.60. The monoisotopic (exact) mass is 273 g/mol. The van der Waals surface area contributed by atoms with E-state index in [0.29, 0.717) is 6.42 Å². The van der Waals surface area contributed by atoms with Crippen molar-refractivity contribution in [1.82, 2.24) is 4.98 Å². The fourth-order valence-corrected chi connectivity index (χ4v) is 1.32. The maximum absolute atomic E-state index is 8.41. The van der Waals surface area contributed by atoms with E-state index in [2.05, 4.69) is 27.6 Å². The SMILES string of the molecule is N#CC[C@@H](N)c1cccc(I)n1. The average molecular weight is 273 g/mol. The Kier molecular flexibility index (Phi) is 3.44. The van der Waals surface area contributed by atoms with Gasteiger partial charge in [-0.15, -0.1) is 0 Å². The highest BCUT2D eigenvalue weighted by atomic mass is 127. The third kappa shape index (κ3) is 2.43. The van der Waals surface area contributed by atoms with Gasteiger partial charge < -0.3 is 5.73 Å².